The summed E-state index contributed by atoms with van der Waals surface area (Å²) in [5.74, 6) is -0.105. The van der Waals surface area contributed by atoms with Gasteiger partial charge in [0.15, 0.2) is 5.82 Å². The first-order valence-corrected chi connectivity index (χ1v) is 8.50. The molecular weight excluding hydrogens is 358 g/mol. The summed E-state index contributed by atoms with van der Waals surface area (Å²) in [7, 11) is 1.45. The van der Waals surface area contributed by atoms with Crippen molar-refractivity contribution in [1.82, 2.24) is 15.0 Å². The Labute approximate surface area is 162 Å². The third kappa shape index (κ3) is 4.74. The number of carbonyl (C=O) groups is 2. The Morgan fingerprint density at radius 1 is 1.04 bits per heavy atom. The molecule has 0 aliphatic carbocycles. The smallest absolute Gasteiger partial charge is 0.258 e. The van der Waals surface area contributed by atoms with E-state index < -0.39 is 0 Å². The molecule has 3 rings (SSSR count). The number of pyridine rings is 1. The molecule has 0 saturated carbocycles. The van der Waals surface area contributed by atoms with Crippen molar-refractivity contribution in [3.05, 3.63) is 66.2 Å². The van der Waals surface area contributed by atoms with Gasteiger partial charge in [0.25, 0.3) is 5.91 Å². The van der Waals surface area contributed by atoms with E-state index in [1.54, 1.807) is 42.7 Å². The molecule has 0 radical (unpaired) electrons. The number of ether oxygens (including phenoxy) is 1. The minimum Gasteiger partial charge on any atom is -0.375 e. The number of carbonyl (C=O) groups excluding carboxylic acids is 2. The highest BCUT2D eigenvalue weighted by Gasteiger charge is 2.11. The van der Waals surface area contributed by atoms with Crippen molar-refractivity contribution in [3.63, 3.8) is 0 Å². The average Bonchev–Trinajstić information content (AvgIpc) is 2.71. The second-order valence-corrected chi connectivity index (χ2v) is 6.00. The van der Waals surface area contributed by atoms with Crippen LogP contribution in [-0.4, -0.2) is 40.5 Å². The number of amides is 2. The summed E-state index contributed by atoms with van der Waals surface area (Å²) in [6, 6.07) is 8.84. The number of hydrogen-bond donors (Lipinski definition) is 2. The van der Waals surface area contributed by atoms with Gasteiger partial charge in [-0.05, 0) is 36.8 Å². The Balaban J connectivity index is 1.73. The van der Waals surface area contributed by atoms with Crippen molar-refractivity contribution in [2.45, 2.75) is 6.92 Å². The number of benzene rings is 1. The maximum absolute atomic E-state index is 12.5. The van der Waals surface area contributed by atoms with E-state index in [2.05, 4.69) is 25.6 Å². The monoisotopic (exact) mass is 377 g/mol. The van der Waals surface area contributed by atoms with Gasteiger partial charge in [-0.15, -0.1) is 0 Å². The van der Waals surface area contributed by atoms with Crippen LogP contribution in [0.4, 0.5) is 11.4 Å². The molecule has 2 amide bonds. The lowest BCUT2D eigenvalue weighted by atomic mass is 10.1. The van der Waals surface area contributed by atoms with E-state index in [9.17, 15) is 9.59 Å². The fraction of sp³-hybridized carbons (Fsp3) is 0.150. The molecule has 2 N–H and O–H groups in total. The number of aryl methyl sites for hydroxylation is 1. The van der Waals surface area contributed by atoms with Crippen LogP contribution in [0.2, 0.25) is 0 Å². The van der Waals surface area contributed by atoms with Gasteiger partial charge in [0.1, 0.15) is 6.61 Å². The molecule has 142 valence electrons. The van der Waals surface area contributed by atoms with Crippen LogP contribution in [0, 0.1) is 6.92 Å². The van der Waals surface area contributed by atoms with Gasteiger partial charge < -0.3 is 15.4 Å². The summed E-state index contributed by atoms with van der Waals surface area (Å²) in [5.41, 5.74) is 3.14. The van der Waals surface area contributed by atoms with Crippen molar-refractivity contribution in [3.8, 4) is 11.4 Å². The highest BCUT2D eigenvalue weighted by Crippen LogP contribution is 2.21. The third-order valence-electron chi connectivity index (χ3n) is 3.90. The van der Waals surface area contributed by atoms with Crippen molar-refractivity contribution in [2.24, 2.45) is 0 Å². The van der Waals surface area contributed by atoms with Crippen LogP contribution in [0.3, 0.4) is 0 Å². The lowest BCUT2D eigenvalue weighted by molar-refractivity contribution is -0.119. The zero-order chi connectivity index (χ0) is 19.9. The average molecular weight is 377 g/mol. The molecule has 0 saturated heterocycles. The molecule has 2 aromatic heterocycles. The molecule has 2 heterocycles. The maximum atomic E-state index is 12.5. The van der Waals surface area contributed by atoms with Gasteiger partial charge in [0, 0.05) is 48.8 Å². The molecule has 0 bridgehead atoms. The second-order valence-electron chi connectivity index (χ2n) is 6.00. The molecule has 28 heavy (non-hydrogen) atoms. The maximum Gasteiger partial charge on any atom is 0.258 e. The summed E-state index contributed by atoms with van der Waals surface area (Å²) in [5, 5.41) is 5.52. The second kappa shape index (κ2) is 8.83. The summed E-state index contributed by atoms with van der Waals surface area (Å²) in [4.78, 5) is 36.6. The Bertz CT molecular complexity index is 975. The van der Waals surface area contributed by atoms with Crippen LogP contribution in [0.5, 0.6) is 0 Å². The number of rotatable bonds is 6. The fourth-order valence-electron chi connectivity index (χ4n) is 2.45. The van der Waals surface area contributed by atoms with Crippen LogP contribution < -0.4 is 10.6 Å². The van der Waals surface area contributed by atoms with E-state index in [-0.39, 0.29) is 18.4 Å². The molecular formula is C20H19N5O3. The first-order valence-electron chi connectivity index (χ1n) is 8.50. The van der Waals surface area contributed by atoms with E-state index in [4.69, 9.17) is 4.74 Å². The standard InChI is InChI=1S/C20H19N5O3/c1-13-3-4-16(24-18(26)12-28-2)9-17(13)25-20(27)15-10-22-19(23-11-15)14-5-7-21-8-6-14/h3-11H,12H2,1-2H3,(H,24,26)(H,25,27). The number of aromatic nitrogens is 3. The Morgan fingerprint density at radius 3 is 2.43 bits per heavy atom. The van der Waals surface area contributed by atoms with E-state index in [1.165, 1.54) is 19.5 Å². The number of nitrogens with zero attached hydrogens (tertiary/aromatic N) is 3. The van der Waals surface area contributed by atoms with Crippen molar-refractivity contribution < 1.29 is 14.3 Å². The quantitative estimate of drug-likeness (QED) is 0.684. The number of hydrogen-bond acceptors (Lipinski definition) is 6. The van der Waals surface area contributed by atoms with Crippen LogP contribution >= 0.6 is 0 Å². The molecule has 0 atom stereocenters. The predicted octanol–water partition coefficient (Wildman–Crippen LogP) is 2.68. The minimum absolute atomic E-state index is 0.0449. The van der Waals surface area contributed by atoms with E-state index in [0.29, 0.717) is 22.8 Å². The zero-order valence-electron chi connectivity index (χ0n) is 15.5. The molecule has 0 aliphatic heterocycles. The van der Waals surface area contributed by atoms with Crippen LogP contribution in [0.15, 0.2) is 55.1 Å². The Kier molecular flexibility index (Phi) is 6.03. The van der Waals surface area contributed by atoms with Crippen molar-refractivity contribution in [2.75, 3.05) is 24.4 Å². The molecule has 8 heteroatoms. The number of methoxy groups -OCH3 is 1. The van der Waals surface area contributed by atoms with Crippen molar-refractivity contribution in [1.29, 1.82) is 0 Å². The first-order chi connectivity index (χ1) is 13.6. The minimum atomic E-state index is -0.343. The first kappa shape index (κ1) is 19.1. The lowest BCUT2D eigenvalue weighted by Crippen LogP contribution is -2.18. The molecule has 0 spiro atoms. The summed E-state index contributed by atoms with van der Waals surface area (Å²) < 4.78 is 4.79. The lowest BCUT2D eigenvalue weighted by Gasteiger charge is -2.11. The van der Waals surface area contributed by atoms with Gasteiger partial charge in [0.2, 0.25) is 5.91 Å². The zero-order valence-corrected chi connectivity index (χ0v) is 15.5. The SMILES string of the molecule is COCC(=O)Nc1ccc(C)c(NC(=O)c2cnc(-c3ccncc3)nc2)c1. The predicted molar refractivity (Wildman–Crippen MR) is 105 cm³/mol. The fourth-order valence-corrected chi connectivity index (χ4v) is 2.45. The van der Waals surface area contributed by atoms with E-state index in [0.717, 1.165) is 11.1 Å². The molecule has 8 nitrogen and oxygen atoms in total. The molecule has 3 aromatic rings. The number of anilines is 2. The van der Waals surface area contributed by atoms with Gasteiger partial charge in [0.05, 0.1) is 5.56 Å². The van der Waals surface area contributed by atoms with Gasteiger partial charge in [-0.25, -0.2) is 9.97 Å². The summed E-state index contributed by atoms with van der Waals surface area (Å²) >= 11 is 0. The third-order valence-corrected chi connectivity index (χ3v) is 3.90. The van der Waals surface area contributed by atoms with Gasteiger partial charge >= 0.3 is 0 Å². The topological polar surface area (TPSA) is 106 Å². The van der Waals surface area contributed by atoms with Crippen LogP contribution in [0.25, 0.3) is 11.4 Å². The van der Waals surface area contributed by atoms with Crippen LogP contribution in [-0.2, 0) is 9.53 Å². The molecule has 0 fully saturated rings. The summed E-state index contributed by atoms with van der Waals surface area (Å²) in [6.07, 6.45) is 6.25. The van der Waals surface area contributed by atoms with E-state index >= 15 is 0 Å². The molecule has 0 unspecified atom stereocenters. The number of nitrogens with one attached hydrogen (secondary N) is 2. The van der Waals surface area contributed by atoms with Gasteiger partial charge in [-0.1, -0.05) is 6.07 Å². The highest BCUT2D eigenvalue weighted by molar-refractivity contribution is 6.04. The van der Waals surface area contributed by atoms with Gasteiger partial charge in [-0.3, -0.25) is 14.6 Å². The summed E-state index contributed by atoms with van der Waals surface area (Å²) in [6.45, 7) is 1.82. The van der Waals surface area contributed by atoms with E-state index in [1.807, 2.05) is 6.92 Å². The molecule has 0 aliphatic rings. The molecule has 1 aromatic carbocycles. The largest absolute Gasteiger partial charge is 0.375 e. The highest BCUT2D eigenvalue weighted by atomic mass is 16.5. The Morgan fingerprint density at radius 2 is 1.75 bits per heavy atom. The van der Waals surface area contributed by atoms with Gasteiger partial charge in [-0.2, -0.15) is 0 Å². The normalized spacial score (nSPS) is 10.4. The van der Waals surface area contributed by atoms with Crippen LogP contribution in [0.1, 0.15) is 15.9 Å². The van der Waals surface area contributed by atoms with Crippen molar-refractivity contribution >= 4 is 23.2 Å². The Hall–Kier alpha value is -3.65.